The summed E-state index contributed by atoms with van der Waals surface area (Å²) >= 11 is 0. The van der Waals surface area contributed by atoms with Crippen LogP contribution >= 0.6 is 7.60 Å². The molecule has 0 bridgehead atoms. The van der Waals surface area contributed by atoms with E-state index in [9.17, 15) is 64.3 Å². The number of primary amides is 1. The molecule has 3 aromatic rings. The molecule has 3 amide bonds. The highest BCUT2D eigenvalue weighted by Gasteiger charge is 2.41. The van der Waals surface area contributed by atoms with Crippen molar-refractivity contribution >= 4 is 48.0 Å². The van der Waals surface area contributed by atoms with Crippen molar-refractivity contribution in [1.29, 1.82) is 0 Å². The number of rotatable bonds is 15. The van der Waals surface area contributed by atoms with E-state index in [0.717, 1.165) is 29.2 Å². The molecule has 56 heavy (non-hydrogen) atoms. The Morgan fingerprint density at radius 2 is 1.59 bits per heavy atom. The van der Waals surface area contributed by atoms with Gasteiger partial charge in [-0.1, -0.05) is 42.5 Å². The summed E-state index contributed by atoms with van der Waals surface area (Å²) in [4.78, 5) is 77.6. The van der Waals surface area contributed by atoms with Gasteiger partial charge in [0.25, 0.3) is 5.91 Å². The Morgan fingerprint density at radius 1 is 0.946 bits per heavy atom. The number of benzene rings is 3. The van der Waals surface area contributed by atoms with Gasteiger partial charge in [0.1, 0.15) is 5.82 Å². The highest BCUT2D eigenvalue weighted by Crippen LogP contribution is 2.35. The van der Waals surface area contributed by atoms with Crippen molar-refractivity contribution in [2.45, 2.75) is 64.0 Å². The van der Waals surface area contributed by atoms with Gasteiger partial charge in [0.05, 0.1) is 23.1 Å². The number of carbonyl (C=O) groups excluding carboxylic acids is 4. The number of hydrogen-bond acceptors (Lipinski definition) is 7. The second-order valence-electron chi connectivity index (χ2n) is 12.9. The van der Waals surface area contributed by atoms with Crippen LogP contribution in [0.3, 0.4) is 0 Å². The van der Waals surface area contributed by atoms with Crippen molar-refractivity contribution in [2.24, 2.45) is 22.6 Å². The Labute approximate surface area is 315 Å². The van der Waals surface area contributed by atoms with Gasteiger partial charge in [-0.15, -0.1) is 0 Å². The average Bonchev–Trinajstić information content (AvgIpc) is 3.19. The topological polar surface area (TPSA) is 189 Å². The van der Waals surface area contributed by atoms with Crippen LogP contribution < -0.4 is 21.3 Å². The van der Waals surface area contributed by atoms with Crippen LogP contribution in [0.15, 0.2) is 71.7 Å². The van der Waals surface area contributed by atoms with Crippen LogP contribution in [0, 0.1) is 24.6 Å². The Bertz CT molecular complexity index is 2020. The van der Waals surface area contributed by atoms with Gasteiger partial charge in [-0.05, 0) is 61.6 Å². The maximum atomic E-state index is 14.5. The number of hydrogen-bond donors (Lipinski definition) is 4. The number of nitrogens with two attached hydrogens (primary N) is 1. The molecular weight excluding hydrogens is 780 g/mol. The van der Waals surface area contributed by atoms with E-state index >= 15 is 0 Å². The maximum Gasteiger partial charge on any atom is 0.389 e. The first kappa shape index (κ1) is 43.6. The number of benzodiazepines with no additional fused rings is 1. The number of fused-ring (bicyclic) bond motifs is 1. The Kier molecular flexibility index (Phi) is 13.8. The third-order valence-corrected chi connectivity index (χ3v) is 9.75. The number of nitrogens with zero attached hydrogens (tertiary/aromatic N) is 2. The van der Waals surface area contributed by atoms with Crippen molar-refractivity contribution in [3.05, 3.63) is 94.8 Å². The largest absolute Gasteiger partial charge is 0.444 e. The smallest absolute Gasteiger partial charge is 0.389 e. The Balaban J connectivity index is 1.74. The number of carbonyl (C=O) groups is 4. The molecule has 12 nitrogen and oxygen atoms in total. The Morgan fingerprint density at radius 3 is 2.18 bits per heavy atom. The quantitative estimate of drug-likeness (QED) is 0.0927. The summed E-state index contributed by atoms with van der Waals surface area (Å²) in [7, 11) is -4.57. The first-order valence-corrected chi connectivity index (χ1v) is 18.4. The van der Waals surface area contributed by atoms with E-state index in [2.05, 4.69) is 10.3 Å². The van der Waals surface area contributed by atoms with E-state index in [1.165, 1.54) is 30.3 Å². The molecule has 3 atom stereocenters. The normalized spacial score (nSPS) is 16.0. The van der Waals surface area contributed by atoms with E-state index in [4.69, 9.17) is 10.5 Å². The van der Waals surface area contributed by atoms with E-state index in [1.54, 1.807) is 19.1 Å². The summed E-state index contributed by atoms with van der Waals surface area (Å²) in [6.45, 7) is 0.735. The molecule has 20 heteroatoms. The minimum Gasteiger partial charge on any atom is -0.444 e. The number of aryl methyl sites for hydroxylation is 1. The van der Waals surface area contributed by atoms with Crippen molar-refractivity contribution in [3.8, 4) is 0 Å². The predicted octanol–water partition coefficient (Wildman–Crippen LogP) is 5.10. The summed E-state index contributed by atoms with van der Waals surface area (Å²) in [5, 5.41) is 1.94. The number of nitrogens with one attached hydrogen (secondary N) is 1. The van der Waals surface area contributed by atoms with Crippen molar-refractivity contribution in [2.75, 3.05) is 11.6 Å². The van der Waals surface area contributed by atoms with Crippen LogP contribution in [0.1, 0.15) is 54.4 Å². The van der Waals surface area contributed by atoms with Crippen LogP contribution in [0.2, 0.25) is 0 Å². The second-order valence-corrected chi connectivity index (χ2v) is 14.6. The standard InChI is InChI=1S/C36H36F7N4O8P/c1-20-5-2-8-27-29(22-6-3-7-23(37)18-22)45-32(46-33(50)26(9-4-15-35(38,39)40)25(31(44)49)14-16-36(41,42)43)34(51)47(30(20)27)19-55-28(48)17-21-10-12-24(13-11-21)56(52,53)54/h2-3,5-8,10-13,18,25-26,32H,4,9,14-17,19H2,1H3,(H2,44,49)(H,46,50)(H2,52,53,54)/t25-,26+,32+/m0/s1. The lowest BCUT2D eigenvalue weighted by Crippen LogP contribution is -2.51. The molecule has 0 saturated carbocycles. The molecule has 302 valence electrons. The molecule has 1 aliphatic heterocycles. The summed E-state index contributed by atoms with van der Waals surface area (Å²) in [5.74, 6) is -9.26. The lowest BCUT2D eigenvalue weighted by Gasteiger charge is -2.28. The third-order valence-electron chi connectivity index (χ3n) is 8.78. The number of anilines is 1. The molecule has 0 aromatic heterocycles. The summed E-state index contributed by atoms with van der Waals surface area (Å²) < 4.78 is 110. The van der Waals surface area contributed by atoms with E-state index in [-0.39, 0.29) is 33.4 Å². The molecule has 5 N–H and O–H groups in total. The monoisotopic (exact) mass is 816 g/mol. The number of amides is 3. The first-order chi connectivity index (χ1) is 26.0. The van der Waals surface area contributed by atoms with E-state index in [1.807, 2.05) is 0 Å². The molecule has 0 saturated heterocycles. The average molecular weight is 817 g/mol. The van der Waals surface area contributed by atoms with Crippen LogP contribution in [-0.2, 0) is 34.9 Å². The zero-order chi connectivity index (χ0) is 41.6. The van der Waals surface area contributed by atoms with Crippen molar-refractivity contribution < 1.29 is 69.0 Å². The van der Waals surface area contributed by atoms with Gasteiger partial charge in [0.2, 0.25) is 18.0 Å². The second kappa shape index (κ2) is 17.8. The van der Waals surface area contributed by atoms with Gasteiger partial charge in [0.15, 0.2) is 6.73 Å². The molecule has 0 fully saturated rings. The number of esters is 1. The van der Waals surface area contributed by atoms with Gasteiger partial charge in [0, 0.05) is 35.8 Å². The molecule has 0 spiro atoms. The minimum absolute atomic E-state index is 0.0815. The van der Waals surface area contributed by atoms with Crippen LogP contribution in [0.25, 0.3) is 0 Å². The maximum absolute atomic E-state index is 14.5. The van der Waals surface area contributed by atoms with Gasteiger partial charge >= 0.3 is 25.9 Å². The molecule has 1 aliphatic rings. The zero-order valence-corrected chi connectivity index (χ0v) is 30.3. The number of ether oxygens (including phenoxy) is 1. The predicted molar refractivity (Wildman–Crippen MR) is 187 cm³/mol. The minimum atomic E-state index is -4.82. The Hall–Kier alpha value is -5.13. The highest BCUT2D eigenvalue weighted by molar-refractivity contribution is 7.60. The molecule has 0 unspecified atom stereocenters. The molecule has 4 rings (SSSR count). The van der Waals surface area contributed by atoms with Gasteiger partial charge in [-0.25, -0.2) is 9.38 Å². The number of para-hydroxylation sites is 1. The summed E-state index contributed by atoms with van der Waals surface area (Å²) in [5.41, 5.74) is 6.30. The fraction of sp³-hybridized carbons (Fsp3) is 0.361. The fourth-order valence-electron chi connectivity index (χ4n) is 6.11. The first-order valence-electron chi connectivity index (χ1n) is 16.8. The molecule has 1 heterocycles. The molecule has 0 radical (unpaired) electrons. The van der Waals surface area contributed by atoms with Crippen molar-refractivity contribution in [3.63, 3.8) is 0 Å². The van der Waals surface area contributed by atoms with Crippen LogP contribution in [0.5, 0.6) is 0 Å². The summed E-state index contributed by atoms with van der Waals surface area (Å²) in [6, 6.07) is 14.3. The third kappa shape index (κ3) is 11.9. The fourth-order valence-corrected chi connectivity index (χ4v) is 6.65. The number of halogens is 7. The molecular formula is C36H36F7N4O8P. The van der Waals surface area contributed by atoms with E-state index in [0.29, 0.717) is 5.56 Å². The SMILES string of the molecule is Cc1cccc2c1N(COC(=O)Cc1ccc(P(=O)(O)O)cc1)C(=O)[C@@H](NC(=O)[C@H](CCCC(F)(F)F)[C@H](CCC(F)(F)F)C(N)=O)N=C2c1cccc(F)c1. The highest BCUT2D eigenvalue weighted by atomic mass is 31.2. The lowest BCUT2D eigenvalue weighted by molar-refractivity contribution is -0.147. The van der Waals surface area contributed by atoms with Gasteiger partial charge < -0.3 is 25.6 Å². The number of aliphatic imine (C=N–C) groups is 1. The zero-order valence-electron chi connectivity index (χ0n) is 29.4. The van der Waals surface area contributed by atoms with Crippen LogP contribution in [0.4, 0.5) is 36.4 Å². The lowest BCUT2D eigenvalue weighted by atomic mass is 9.83. The van der Waals surface area contributed by atoms with Gasteiger partial charge in [-0.2, -0.15) is 26.3 Å². The number of alkyl halides is 6. The van der Waals surface area contributed by atoms with Gasteiger partial charge in [-0.3, -0.25) is 28.6 Å². The molecule has 3 aromatic carbocycles. The summed E-state index contributed by atoms with van der Waals surface area (Å²) in [6.07, 6.45) is -17.6. The molecule has 0 aliphatic carbocycles. The van der Waals surface area contributed by atoms with Crippen LogP contribution in [-0.4, -0.2) is 64.4 Å². The van der Waals surface area contributed by atoms with Crippen molar-refractivity contribution in [1.82, 2.24) is 5.32 Å². The van der Waals surface area contributed by atoms with E-state index < -0.39 is 113 Å².